The fourth-order valence-electron chi connectivity index (χ4n) is 3.00. The number of methoxy groups -OCH3 is 1. The fraction of sp³-hybridized carbons (Fsp3) is 0.316. The van der Waals surface area contributed by atoms with E-state index in [1.807, 2.05) is 42.1 Å². The van der Waals surface area contributed by atoms with E-state index in [4.69, 9.17) is 4.74 Å². The van der Waals surface area contributed by atoms with Crippen LogP contribution in [0.4, 0.5) is 4.79 Å². The van der Waals surface area contributed by atoms with E-state index in [1.54, 1.807) is 12.1 Å². The first kappa shape index (κ1) is 18.5. The summed E-state index contributed by atoms with van der Waals surface area (Å²) in [6, 6.07) is 9.60. The van der Waals surface area contributed by atoms with Crippen molar-refractivity contribution in [3.05, 3.63) is 53.9 Å². The number of aryl methyl sites for hydroxylation is 1. The van der Waals surface area contributed by atoms with Crippen molar-refractivity contribution in [2.75, 3.05) is 7.11 Å². The molecule has 1 aliphatic rings. The molecule has 1 fully saturated rings. The summed E-state index contributed by atoms with van der Waals surface area (Å²) in [6.07, 6.45) is 1.79. The van der Waals surface area contributed by atoms with Crippen molar-refractivity contribution in [2.24, 2.45) is 7.05 Å². The molecule has 0 saturated carbocycles. The molecule has 0 radical (unpaired) electrons. The third kappa shape index (κ3) is 4.11. The van der Waals surface area contributed by atoms with Gasteiger partial charge in [-0.3, -0.25) is 14.5 Å². The van der Waals surface area contributed by atoms with Gasteiger partial charge in [0, 0.05) is 24.5 Å². The number of ether oxygens (including phenoxy) is 1. The molecule has 0 spiro atoms. The number of hydrogen-bond donors (Lipinski definition) is 2. The molecule has 2 aromatic rings. The van der Waals surface area contributed by atoms with Crippen molar-refractivity contribution in [1.82, 2.24) is 20.1 Å². The number of carbonyl (C=O) groups is 3. The quantitative estimate of drug-likeness (QED) is 0.716. The number of urea groups is 1. The number of para-hydroxylation sites is 1. The minimum Gasteiger partial charge on any atom is -0.496 e. The number of aromatic nitrogens is 1. The van der Waals surface area contributed by atoms with E-state index in [0.29, 0.717) is 12.3 Å². The van der Waals surface area contributed by atoms with Crippen LogP contribution in [0.3, 0.4) is 0 Å². The van der Waals surface area contributed by atoms with E-state index in [2.05, 4.69) is 10.6 Å². The van der Waals surface area contributed by atoms with Crippen LogP contribution in [0.15, 0.2) is 42.6 Å². The Bertz CT molecular complexity index is 861. The number of imide groups is 1. The van der Waals surface area contributed by atoms with Crippen LogP contribution in [0.25, 0.3) is 0 Å². The van der Waals surface area contributed by atoms with E-state index < -0.39 is 18.0 Å². The van der Waals surface area contributed by atoms with Gasteiger partial charge in [0.2, 0.25) is 5.91 Å². The second kappa shape index (κ2) is 7.94. The Morgan fingerprint density at radius 3 is 2.70 bits per heavy atom. The maximum Gasteiger partial charge on any atom is 0.325 e. The first-order valence-electron chi connectivity index (χ1n) is 8.60. The van der Waals surface area contributed by atoms with Gasteiger partial charge in [0.15, 0.2) is 0 Å². The number of amides is 4. The molecule has 27 heavy (non-hydrogen) atoms. The van der Waals surface area contributed by atoms with Crippen molar-refractivity contribution >= 4 is 17.8 Å². The molecule has 1 aromatic heterocycles. The molecule has 142 valence electrons. The summed E-state index contributed by atoms with van der Waals surface area (Å²) in [5.74, 6) is -0.115. The van der Waals surface area contributed by atoms with Crippen molar-refractivity contribution < 1.29 is 19.1 Å². The lowest BCUT2D eigenvalue weighted by molar-refractivity contribution is -0.131. The molecule has 1 aromatic carbocycles. The summed E-state index contributed by atoms with van der Waals surface area (Å²) in [7, 11) is 3.42. The Morgan fingerprint density at radius 1 is 1.22 bits per heavy atom. The van der Waals surface area contributed by atoms with Crippen molar-refractivity contribution in [3.63, 3.8) is 0 Å². The van der Waals surface area contributed by atoms with Gasteiger partial charge in [-0.15, -0.1) is 0 Å². The lowest BCUT2D eigenvalue weighted by atomic mass is 10.1. The van der Waals surface area contributed by atoms with Gasteiger partial charge in [-0.2, -0.15) is 0 Å². The van der Waals surface area contributed by atoms with Crippen LogP contribution in [-0.2, 0) is 29.7 Å². The predicted octanol–water partition coefficient (Wildman–Crippen LogP) is 1.16. The second-order valence-electron chi connectivity index (χ2n) is 6.33. The zero-order valence-electron chi connectivity index (χ0n) is 15.3. The van der Waals surface area contributed by atoms with E-state index in [9.17, 15) is 14.4 Å². The van der Waals surface area contributed by atoms with Gasteiger partial charge in [0.25, 0.3) is 5.91 Å². The second-order valence-corrected chi connectivity index (χ2v) is 6.33. The van der Waals surface area contributed by atoms with Crippen LogP contribution in [0, 0.1) is 0 Å². The van der Waals surface area contributed by atoms with E-state index in [0.717, 1.165) is 16.2 Å². The molecule has 8 nitrogen and oxygen atoms in total. The van der Waals surface area contributed by atoms with Gasteiger partial charge in [-0.05, 0) is 18.2 Å². The van der Waals surface area contributed by atoms with Crippen molar-refractivity contribution in [1.29, 1.82) is 0 Å². The van der Waals surface area contributed by atoms with E-state index in [1.165, 1.54) is 7.11 Å². The molecule has 0 aliphatic carbocycles. The first-order chi connectivity index (χ1) is 13.0. The van der Waals surface area contributed by atoms with Gasteiger partial charge in [0.1, 0.15) is 11.8 Å². The lowest BCUT2D eigenvalue weighted by Gasteiger charge is -2.15. The van der Waals surface area contributed by atoms with Gasteiger partial charge in [-0.1, -0.05) is 18.2 Å². The highest BCUT2D eigenvalue weighted by atomic mass is 16.5. The summed E-state index contributed by atoms with van der Waals surface area (Å²) < 4.78 is 7.16. The SMILES string of the molecule is COc1ccccc1CN1C(=O)N[C@@H](CC(=O)NCc2cccn2C)C1=O. The number of carbonyl (C=O) groups excluding carboxylic acids is 3. The molecule has 3 rings (SSSR count). The minimum atomic E-state index is -0.861. The van der Waals surface area contributed by atoms with E-state index in [-0.39, 0.29) is 18.9 Å². The Morgan fingerprint density at radius 2 is 2.00 bits per heavy atom. The number of rotatable bonds is 7. The largest absolute Gasteiger partial charge is 0.496 e. The zero-order valence-corrected chi connectivity index (χ0v) is 15.3. The molecule has 1 aliphatic heterocycles. The number of nitrogens with zero attached hydrogens (tertiary/aromatic N) is 2. The number of nitrogens with one attached hydrogen (secondary N) is 2. The van der Waals surface area contributed by atoms with Crippen LogP contribution in [0.2, 0.25) is 0 Å². The molecular weight excluding hydrogens is 348 g/mol. The summed E-state index contributed by atoms with van der Waals surface area (Å²) in [4.78, 5) is 38.0. The highest BCUT2D eigenvalue weighted by Crippen LogP contribution is 2.21. The van der Waals surface area contributed by atoms with Crippen LogP contribution in [0.1, 0.15) is 17.7 Å². The van der Waals surface area contributed by atoms with Crippen LogP contribution in [0.5, 0.6) is 5.75 Å². The maximum absolute atomic E-state index is 12.6. The molecule has 2 heterocycles. The third-order valence-corrected chi connectivity index (χ3v) is 4.54. The standard InChI is InChI=1S/C19H22N4O4/c1-22-9-5-7-14(22)11-20-17(24)10-15-18(25)23(19(26)21-15)12-13-6-3-4-8-16(13)27-2/h3-9,15H,10-12H2,1-2H3,(H,20,24)(H,21,26)/t15-/m0/s1. The summed E-state index contributed by atoms with van der Waals surface area (Å²) in [6.45, 7) is 0.457. The Hall–Kier alpha value is -3.29. The minimum absolute atomic E-state index is 0.0934. The molecule has 4 amide bonds. The average molecular weight is 370 g/mol. The van der Waals surface area contributed by atoms with Gasteiger partial charge >= 0.3 is 6.03 Å². The smallest absolute Gasteiger partial charge is 0.325 e. The van der Waals surface area contributed by atoms with E-state index >= 15 is 0 Å². The van der Waals surface area contributed by atoms with Gasteiger partial charge in [-0.25, -0.2) is 4.79 Å². The molecule has 1 atom stereocenters. The van der Waals surface area contributed by atoms with Gasteiger partial charge < -0.3 is 19.9 Å². The molecule has 2 N–H and O–H groups in total. The summed E-state index contributed by atoms with van der Waals surface area (Å²) in [5.41, 5.74) is 1.67. The molecule has 0 unspecified atom stereocenters. The third-order valence-electron chi connectivity index (χ3n) is 4.54. The first-order valence-corrected chi connectivity index (χ1v) is 8.60. The monoisotopic (exact) mass is 370 g/mol. The topological polar surface area (TPSA) is 92.7 Å². The number of hydrogen-bond acceptors (Lipinski definition) is 4. The Kier molecular flexibility index (Phi) is 5.44. The summed E-state index contributed by atoms with van der Waals surface area (Å²) in [5, 5.41) is 5.35. The van der Waals surface area contributed by atoms with Crippen LogP contribution < -0.4 is 15.4 Å². The van der Waals surface area contributed by atoms with Gasteiger partial charge in [0.05, 0.1) is 26.6 Å². The Labute approximate surface area is 157 Å². The zero-order chi connectivity index (χ0) is 19.4. The molecule has 8 heteroatoms. The normalized spacial score (nSPS) is 16.4. The highest BCUT2D eigenvalue weighted by Gasteiger charge is 2.39. The van der Waals surface area contributed by atoms with Crippen molar-refractivity contribution in [3.8, 4) is 5.75 Å². The lowest BCUT2D eigenvalue weighted by Crippen LogP contribution is -2.36. The predicted molar refractivity (Wildman–Crippen MR) is 97.7 cm³/mol. The number of benzene rings is 1. The van der Waals surface area contributed by atoms with Crippen molar-refractivity contribution in [2.45, 2.75) is 25.6 Å². The maximum atomic E-state index is 12.6. The Balaban J connectivity index is 1.58. The van der Waals surface area contributed by atoms with Crippen LogP contribution >= 0.6 is 0 Å². The van der Waals surface area contributed by atoms with Crippen LogP contribution in [-0.4, -0.2) is 40.5 Å². The molecule has 0 bridgehead atoms. The average Bonchev–Trinajstić information content (AvgIpc) is 3.18. The molecule has 1 saturated heterocycles. The summed E-state index contributed by atoms with van der Waals surface area (Å²) >= 11 is 0. The highest BCUT2D eigenvalue weighted by molar-refractivity contribution is 6.05. The fourth-order valence-corrected chi connectivity index (χ4v) is 3.00. The molecular formula is C19H22N4O4.